The van der Waals surface area contributed by atoms with Crippen LogP contribution in [0.25, 0.3) is 0 Å². The Morgan fingerprint density at radius 3 is 2.72 bits per heavy atom. The molecule has 102 valence electrons. The van der Waals surface area contributed by atoms with Crippen LogP contribution in [0.4, 0.5) is 8.78 Å². The topological polar surface area (TPSA) is 47.4 Å². The Balaban J connectivity index is 3.09. The molecule has 1 aromatic rings. The average molecular weight is 282 g/mol. The van der Waals surface area contributed by atoms with Crippen molar-refractivity contribution in [3.8, 4) is 0 Å². The number of alkyl halides is 3. The fraction of sp³-hybridized carbons (Fsp3) is 0.600. The molecule has 1 aromatic heterocycles. The largest absolute Gasteiger partial charge is 0.282 e. The number of amides is 1. The molecule has 0 spiro atoms. The quantitative estimate of drug-likeness (QED) is 0.612. The molecule has 0 aliphatic rings. The zero-order valence-corrected chi connectivity index (χ0v) is 11.0. The van der Waals surface area contributed by atoms with Crippen LogP contribution in [0.2, 0.25) is 0 Å². The van der Waals surface area contributed by atoms with Crippen molar-refractivity contribution in [3.63, 3.8) is 0 Å². The van der Waals surface area contributed by atoms with Crippen molar-refractivity contribution >= 4 is 17.5 Å². The molecule has 0 aliphatic carbocycles. The highest BCUT2D eigenvalue weighted by atomic mass is 35.5. The first-order valence-corrected chi connectivity index (χ1v) is 5.71. The van der Waals surface area contributed by atoms with Gasteiger partial charge in [-0.15, -0.1) is 11.6 Å². The van der Waals surface area contributed by atoms with E-state index in [2.05, 4.69) is 5.10 Å². The lowest BCUT2D eigenvalue weighted by molar-refractivity contribution is -0.114. The number of hydrogen-bond donors (Lipinski definition) is 0. The smallest absolute Gasteiger partial charge is 0.275 e. The molecule has 0 saturated heterocycles. The van der Waals surface area contributed by atoms with Crippen LogP contribution >= 0.6 is 11.6 Å². The molecular weight excluding hydrogens is 268 g/mol. The number of carbonyl (C=O) groups excluding carboxylic acids is 1. The number of hydroxylamine groups is 2. The van der Waals surface area contributed by atoms with Crippen molar-refractivity contribution in [3.05, 3.63) is 17.5 Å². The molecule has 0 bridgehead atoms. The molecule has 1 amide bonds. The van der Waals surface area contributed by atoms with Crippen LogP contribution in [0.5, 0.6) is 0 Å². The minimum absolute atomic E-state index is 0.129. The third-order valence-electron chi connectivity index (χ3n) is 2.31. The van der Waals surface area contributed by atoms with E-state index in [-0.39, 0.29) is 11.4 Å². The number of hydrogen-bond acceptors (Lipinski definition) is 3. The number of carbonyl (C=O) groups is 1. The molecule has 18 heavy (non-hydrogen) atoms. The van der Waals surface area contributed by atoms with Crippen molar-refractivity contribution in [1.82, 2.24) is 14.8 Å². The van der Waals surface area contributed by atoms with Gasteiger partial charge >= 0.3 is 0 Å². The summed E-state index contributed by atoms with van der Waals surface area (Å²) < 4.78 is 26.6. The minimum atomic E-state index is -2.82. The summed E-state index contributed by atoms with van der Waals surface area (Å²) in [6, 6.07) is -0.435. The summed E-state index contributed by atoms with van der Waals surface area (Å²) in [7, 11) is 2.74. The van der Waals surface area contributed by atoms with E-state index in [4.69, 9.17) is 16.4 Å². The van der Waals surface area contributed by atoms with Crippen LogP contribution in [0, 0.1) is 0 Å². The van der Waals surface area contributed by atoms with E-state index in [9.17, 15) is 13.6 Å². The van der Waals surface area contributed by atoms with Gasteiger partial charge in [0.1, 0.15) is 5.69 Å². The summed E-state index contributed by atoms with van der Waals surface area (Å²) in [5, 5.41) is 4.52. The van der Waals surface area contributed by atoms with Crippen LogP contribution < -0.4 is 0 Å². The summed E-state index contributed by atoms with van der Waals surface area (Å²) in [5.41, 5.74) is -0.752. The molecule has 1 atom stereocenters. The number of aryl methyl sites for hydroxylation is 1. The zero-order valence-electron chi connectivity index (χ0n) is 10.2. The van der Waals surface area contributed by atoms with Crippen LogP contribution in [0.1, 0.15) is 29.4 Å². The highest BCUT2D eigenvalue weighted by Gasteiger charge is 2.28. The van der Waals surface area contributed by atoms with E-state index in [1.165, 1.54) is 20.4 Å². The van der Waals surface area contributed by atoms with Gasteiger partial charge in [0.2, 0.25) is 0 Å². The lowest BCUT2D eigenvalue weighted by Crippen LogP contribution is -2.39. The van der Waals surface area contributed by atoms with Gasteiger partial charge in [0.05, 0.1) is 18.7 Å². The maximum atomic E-state index is 12.7. The van der Waals surface area contributed by atoms with Gasteiger partial charge in [-0.25, -0.2) is 13.8 Å². The first-order valence-electron chi connectivity index (χ1n) is 5.17. The lowest BCUT2D eigenvalue weighted by Gasteiger charge is -2.24. The fourth-order valence-electron chi connectivity index (χ4n) is 1.48. The molecule has 1 unspecified atom stereocenters. The molecule has 0 N–H and O–H groups in total. The molecule has 0 radical (unpaired) electrons. The van der Waals surface area contributed by atoms with Gasteiger partial charge < -0.3 is 0 Å². The van der Waals surface area contributed by atoms with E-state index in [1.807, 2.05) is 0 Å². The maximum absolute atomic E-state index is 12.7. The molecule has 8 heteroatoms. The Kier molecular flexibility index (Phi) is 5.03. The lowest BCUT2D eigenvalue weighted by atomic mass is 10.2. The van der Waals surface area contributed by atoms with Crippen LogP contribution in [-0.4, -0.2) is 39.8 Å². The first kappa shape index (κ1) is 14.8. The third kappa shape index (κ3) is 2.97. The summed E-state index contributed by atoms with van der Waals surface area (Å²) in [6.07, 6.45) is -1.59. The Hall–Kier alpha value is -1.21. The predicted octanol–water partition coefficient (Wildman–Crippen LogP) is 1.99. The fourth-order valence-corrected chi connectivity index (χ4v) is 1.60. The minimum Gasteiger partial charge on any atom is -0.275 e. The third-order valence-corrected chi connectivity index (χ3v) is 2.76. The van der Waals surface area contributed by atoms with Crippen molar-refractivity contribution in [1.29, 1.82) is 0 Å². The van der Waals surface area contributed by atoms with Gasteiger partial charge in [0.15, 0.2) is 0 Å². The predicted molar refractivity (Wildman–Crippen MR) is 61.5 cm³/mol. The molecule has 0 fully saturated rings. The van der Waals surface area contributed by atoms with E-state index >= 15 is 0 Å². The summed E-state index contributed by atoms with van der Waals surface area (Å²) >= 11 is 5.62. The second-order valence-corrected chi connectivity index (χ2v) is 4.03. The number of rotatable bonds is 5. The number of nitrogens with zero attached hydrogens (tertiary/aromatic N) is 3. The van der Waals surface area contributed by atoms with Gasteiger partial charge in [0, 0.05) is 19.1 Å². The Labute approximate surface area is 108 Å². The van der Waals surface area contributed by atoms with Crippen molar-refractivity contribution < 1.29 is 18.4 Å². The number of aromatic nitrogens is 2. The molecule has 1 rings (SSSR count). The molecular formula is C10H14ClF2N3O2. The normalized spacial score (nSPS) is 12.8. The van der Waals surface area contributed by atoms with E-state index < -0.39 is 24.1 Å². The summed E-state index contributed by atoms with van der Waals surface area (Å²) in [6.45, 7) is 1.65. The summed E-state index contributed by atoms with van der Waals surface area (Å²) in [4.78, 5) is 17.0. The number of halogens is 3. The van der Waals surface area contributed by atoms with Gasteiger partial charge in [-0.2, -0.15) is 5.10 Å². The standard InChI is InChI=1S/C10H14ClF2N3O2/c1-6(4-11)16(18-3)10(17)7-5-15(2)14-8(7)9(12)13/h5-6,9H,4H2,1-3H3. The van der Waals surface area contributed by atoms with Crippen molar-refractivity contribution in [2.24, 2.45) is 7.05 Å². The molecule has 0 aliphatic heterocycles. The van der Waals surface area contributed by atoms with Crippen molar-refractivity contribution in [2.45, 2.75) is 19.4 Å². The molecule has 5 nitrogen and oxygen atoms in total. The first-order chi connectivity index (χ1) is 8.42. The van der Waals surface area contributed by atoms with E-state index in [0.717, 1.165) is 9.75 Å². The van der Waals surface area contributed by atoms with E-state index in [1.54, 1.807) is 6.92 Å². The van der Waals surface area contributed by atoms with Crippen LogP contribution in [0.3, 0.4) is 0 Å². The van der Waals surface area contributed by atoms with Gasteiger partial charge in [-0.1, -0.05) is 0 Å². The Morgan fingerprint density at radius 2 is 2.28 bits per heavy atom. The maximum Gasteiger partial charge on any atom is 0.282 e. The van der Waals surface area contributed by atoms with Crippen molar-refractivity contribution in [2.75, 3.05) is 13.0 Å². The zero-order chi connectivity index (χ0) is 13.9. The second kappa shape index (κ2) is 6.10. The summed E-state index contributed by atoms with van der Waals surface area (Å²) in [5.74, 6) is -0.557. The molecule has 0 aromatic carbocycles. The average Bonchev–Trinajstić information content (AvgIpc) is 2.72. The monoisotopic (exact) mass is 281 g/mol. The van der Waals surface area contributed by atoms with Gasteiger partial charge in [0.25, 0.3) is 12.3 Å². The highest BCUT2D eigenvalue weighted by Crippen LogP contribution is 2.23. The van der Waals surface area contributed by atoms with Crippen LogP contribution in [-0.2, 0) is 11.9 Å². The van der Waals surface area contributed by atoms with Gasteiger partial charge in [-0.3, -0.25) is 14.3 Å². The second-order valence-electron chi connectivity index (χ2n) is 3.72. The van der Waals surface area contributed by atoms with Crippen LogP contribution in [0.15, 0.2) is 6.20 Å². The SMILES string of the molecule is CON(C(=O)c1cn(C)nc1C(F)F)C(C)CCl. The Morgan fingerprint density at radius 1 is 1.67 bits per heavy atom. The highest BCUT2D eigenvalue weighted by molar-refractivity contribution is 6.18. The molecule has 0 saturated carbocycles. The Bertz CT molecular complexity index is 425. The van der Waals surface area contributed by atoms with E-state index in [0.29, 0.717) is 0 Å². The van der Waals surface area contributed by atoms with Gasteiger partial charge in [-0.05, 0) is 6.92 Å². The molecule has 1 heterocycles.